The average Bonchev–Trinajstić information content (AvgIpc) is 2.38. The number of nitrogens with one attached hydrogen (secondary N) is 1. The number of carbonyl (C=O) groups is 1. The summed E-state index contributed by atoms with van der Waals surface area (Å²) in [5.41, 5.74) is 6.81. The molecule has 0 aliphatic carbocycles. The highest BCUT2D eigenvalue weighted by atomic mass is 35.5. The minimum Gasteiger partial charge on any atom is -0.493 e. The molecule has 0 unspecified atom stereocenters. The lowest BCUT2D eigenvalue weighted by molar-refractivity contribution is 0.0952. The van der Waals surface area contributed by atoms with E-state index in [4.69, 9.17) is 15.2 Å². The maximum absolute atomic E-state index is 12.0. The van der Waals surface area contributed by atoms with Gasteiger partial charge in [0, 0.05) is 12.1 Å². The van der Waals surface area contributed by atoms with Gasteiger partial charge in [-0.3, -0.25) is 4.79 Å². The molecule has 1 aromatic rings. The van der Waals surface area contributed by atoms with Gasteiger partial charge in [-0.2, -0.15) is 0 Å². The lowest BCUT2D eigenvalue weighted by Gasteiger charge is -2.12. The van der Waals surface area contributed by atoms with E-state index < -0.39 is 0 Å². The molecule has 0 aliphatic rings. The standard InChI is InChI=1S/C13H20N2O3.ClH/c1-9-7-11(17-2)12(18-3)8-10(9)13(16)15-6-4-5-14;/h7-8H,4-6,14H2,1-3H3,(H,15,16);1H. The monoisotopic (exact) mass is 288 g/mol. The van der Waals surface area contributed by atoms with E-state index in [2.05, 4.69) is 5.32 Å². The summed E-state index contributed by atoms with van der Waals surface area (Å²) in [5, 5.41) is 2.81. The van der Waals surface area contributed by atoms with Crippen molar-refractivity contribution < 1.29 is 14.3 Å². The van der Waals surface area contributed by atoms with E-state index in [1.807, 2.05) is 6.92 Å². The van der Waals surface area contributed by atoms with Gasteiger partial charge in [0.2, 0.25) is 0 Å². The molecule has 5 nitrogen and oxygen atoms in total. The van der Waals surface area contributed by atoms with Crippen LogP contribution >= 0.6 is 12.4 Å². The molecule has 1 aromatic carbocycles. The van der Waals surface area contributed by atoms with Crippen molar-refractivity contribution >= 4 is 18.3 Å². The third-order valence-corrected chi connectivity index (χ3v) is 2.64. The largest absolute Gasteiger partial charge is 0.493 e. The van der Waals surface area contributed by atoms with Gasteiger partial charge in [0.1, 0.15) is 0 Å². The minimum atomic E-state index is -0.123. The quantitative estimate of drug-likeness (QED) is 0.778. The van der Waals surface area contributed by atoms with Crippen molar-refractivity contribution in [3.05, 3.63) is 23.3 Å². The first-order valence-electron chi connectivity index (χ1n) is 5.85. The van der Waals surface area contributed by atoms with Gasteiger partial charge in [0.05, 0.1) is 14.2 Å². The molecule has 0 atom stereocenters. The number of halogens is 1. The van der Waals surface area contributed by atoms with Gasteiger partial charge in [0.15, 0.2) is 11.5 Å². The lowest BCUT2D eigenvalue weighted by atomic mass is 10.1. The van der Waals surface area contributed by atoms with Crippen LogP contribution in [0.25, 0.3) is 0 Å². The van der Waals surface area contributed by atoms with Crippen LogP contribution in [-0.4, -0.2) is 33.2 Å². The maximum atomic E-state index is 12.0. The Kier molecular flexibility index (Phi) is 7.95. The third-order valence-electron chi connectivity index (χ3n) is 2.64. The zero-order valence-corrected chi connectivity index (χ0v) is 12.3. The fourth-order valence-corrected chi connectivity index (χ4v) is 1.62. The highest BCUT2D eigenvalue weighted by molar-refractivity contribution is 5.96. The van der Waals surface area contributed by atoms with Crippen LogP contribution in [0.4, 0.5) is 0 Å². The number of aryl methyl sites for hydroxylation is 1. The van der Waals surface area contributed by atoms with Gasteiger partial charge in [-0.25, -0.2) is 0 Å². The molecule has 0 aliphatic heterocycles. The molecule has 1 amide bonds. The molecule has 6 heteroatoms. The molecular formula is C13H21ClN2O3. The van der Waals surface area contributed by atoms with E-state index >= 15 is 0 Å². The number of hydrogen-bond donors (Lipinski definition) is 2. The van der Waals surface area contributed by atoms with E-state index in [0.717, 1.165) is 12.0 Å². The van der Waals surface area contributed by atoms with Crippen molar-refractivity contribution in [1.29, 1.82) is 0 Å². The second-order valence-electron chi connectivity index (χ2n) is 3.92. The smallest absolute Gasteiger partial charge is 0.251 e. The predicted molar refractivity (Wildman–Crippen MR) is 77.5 cm³/mol. The summed E-state index contributed by atoms with van der Waals surface area (Å²) >= 11 is 0. The Labute approximate surface area is 119 Å². The summed E-state index contributed by atoms with van der Waals surface area (Å²) in [6.07, 6.45) is 0.762. The van der Waals surface area contributed by atoms with E-state index in [0.29, 0.717) is 30.2 Å². The van der Waals surface area contributed by atoms with Crippen LogP contribution in [0.1, 0.15) is 22.3 Å². The normalized spacial score (nSPS) is 9.47. The Balaban J connectivity index is 0.00000324. The van der Waals surface area contributed by atoms with E-state index in [9.17, 15) is 4.79 Å². The summed E-state index contributed by atoms with van der Waals surface area (Å²) < 4.78 is 10.4. The van der Waals surface area contributed by atoms with Gasteiger partial charge < -0.3 is 20.5 Å². The SMILES string of the molecule is COc1cc(C)c(C(=O)NCCCN)cc1OC.Cl. The van der Waals surface area contributed by atoms with Crippen molar-refractivity contribution in [1.82, 2.24) is 5.32 Å². The van der Waals surface area contributed by atoms with Gasteiger partial charge in [-0.1, -0.05) is 0 Å². The third kappa shape index (κ3) is 4.61. The molecule has 0 bridgehead atoms. The maximum Gasteiger partial charge on any atom is 0.251 e. The van der Waals surface area contributed by atoms with Crippen molar-refractivity contribution in [2.75, 3.05) is 27.3 Å². The molecule has 19 heavy (non-hydrogen) atoms. The van der Waals surface area contributed by atoms with E-state index in [-0.39, 0.29) is 18.3 Å². The molecule has 0 spiro atoms. The Morgan fingerprint density at radius 1 is 1.26 bits per heavy atom. The number of carbonyl (C=O) groups excluding carboxylic acids is 1. The second-order valence-corrected chi connectivity index (χ2v) is 3.92. The molecule has 0 saturated heterocycles. The van der Waals surface area contributed by atoms with E-state index in [1.165, 1.54) is 0 Å². The summed E-state index contributed by atoms with van der Waals surface area (Å²) in [4.78, 5) is 12.0. The van der Waals surface area contributed by atoms with Gasteiger partial charge >= 0.3 is 0 Å². The van der Waals surface area contributed by atoms with Crippen molar-refractivity contribution in [3.8, 4) is 11.5 Å². The zero-order valence-electron chi connectivity index (χ0n) is 11.5. The van der Waals surface area contributed by atoms with Crippen LogP contribution < -0.4 is 20.5 Å². The summed E-state index contributed by atoms with van der Waals surface area (Å²) in [6.45, 7) is 2.99. The fourth-order valence-electron chi connectivity index (χ4n) is 1.62. The number of rotatable bonds is 6. The first kappa shape index (κ1) is 17.5. The van der Waals surface area contributed by atoms with Crippen molar-refractivity contribution in [2.45, 2.75) is 13.3 Å². The van der Waals surface area contributed by atoms with Crippen LogP contribution in [0.5, 0.6) is 11.5 Å². The van der Waals surface area contributed by atoms with Crippen LogP contribution in [0.2, 0.25) is 0 Å². The minimum absolute atomic E-state index is 0. The van der Waals surface area contributed by atoms with Crippen LogP contribution in [0.15, 0.2) is 12.1 Å². The van der Waals surface area contributed by atoms with Crippen LogP contribution in [0, 0.1) is 6.92 Å². The predicted octanol–water partition coefficient (Wildman–Crippen LogP) is 1.51. The van der Waals surface area contributed by atoms with Crippen LogP contribution in [-0.2, 0) is 0 Å². The Hall–Kier alpha value is -1.46. The number of benzene rings is 1. The molecule has 0 saturated carbocycles. The molecule has 0 radical (unpaired) electrons. The number of nitrogens with two attached hydrogens (primary N) is 1. The highest BCUT2D eigenvalue weighted by Crippen LogP contribution is 2.30. The van der Waals surface area contributed by atoms with Crippen molar-refractivity contribution in [3.63, 3.8) is 0 Å². The Morgan fingerprint density at radius 2 is 1.84 bits per heavy atom. The zero-order chi connectivity index (χ0) is 13.5. The summed E-state index contributed by atoms with van der Waals surface area (Å²) in [6, 6.07) is 3.47. The average molecular weight is 289 g/mol. The highest BCUT2D eigenvalue weighted by Gasteiger charge is 2.13. The van der Waals surface area contributed by atoms with Crippen molar-refractivity contribution in [2.24, 2.45) is 5.73 Å². The Bertz CT molecular complexity index is 425. The summed E-state index contributed by atoms with van der Waals surface area (Å²) in [5.74, 6) is 1.04. The first-order chi connectivity index (χ1) is 8.63. The van der Waals surface area contributed by atoms with Gasteiger partial charge in [-0.15, -0.1) is 12.4 Å². The number of ether oxygens (including phenoxy) is 2. The van der Waals surface area contributed by atoms with Crippen LogP contribution in [0.3, 0.4) is 0 Å². The number of hydrogen-bond acceptors (Lipinski definition) is 4. The molecule has 3 N–H and O–H groups in total. The summed E-state index contributed by atoms with van der Waals surface area (Å²) in [7, 11) is 3.11. The molecule has 0 aromatic heterocycles. The van der Waals surface area contributed by atoms with Gasteiger partial charge in [0.25, 0.3) is 5.91 Å². The number of amides is 1. The fraction of sp³-hybridized carbons (Fsp3) is 0.462. The molecule has 108 valence electrons. The molecular weight excluding hydrogens is 268 g/mol. The Morgan fingerprint density at radius 3 is 2.37 bits per heavy atom. The van der Waals surface area contributed by atoms with E-state index in [1.54, 1.807) is 26.4 Å². The molecule has 1 rings (SSSR count). The lowest BCUT2D eigenvalue weighted by Crippen LogP contribution is -2.26. The second kappa shape index (κ2) is 8.61. The van der Waals surface area contributed by atoms with Gasteiger partial charge in [-0.05, 0) is 37.6 Å². The number of methoxy groups -OCH3 is 2. The molecule has 0 heterocycles. The molecule has 0 fully saturated rings. The first-order valence-corrected chi connectivity index (χ1v) is 5.85. The topological polar surface area (TPSA) is 73.6 Å².